The Kier molecular flexibility index (Phi) is 6.38. The van der Waals surface area contributed by atoms with Gasteiger partial charge in [0.2, 0.25) is 0 Å². The van der Waals surface area contributed by atoms with Crippen molar-refractivity contribution in [2.24, 2.45) is 0 Å². The molecule has 0 fully saturated rings. The third-order valence-electron chi connectivity index (χ3n) is 3.05. The second kappa shape index (κ2) is 8.75. The molecule has 0 aliphatic carbocycles. The van der Waals surface area contributed by atoms with E-state index >= 15 is 0 Å². The molecule has 0 atom stereocenters. The van der Waals surface area contributed by atoms with Crippen molar-refractivity contribution in [3.8, 4) is 5.75 Å². The number of amides is 1. The molecule has 1 amide bonds. The van der Waals surface area contributed by atoms with Crippen molar-refractivity contribution in [1.29, 1.82) is 0 Å². The first-order valence-electron chi connectivity index (χ1n) is 7.30. The van der Waals surface area contributed by atoms with Crippen molar-refractivity contribution in [1.82, 2.24) is 10.9 Å². The second-order valence-electron chi connectivity index (χ2n) is 4.78. The van der Waals surface area contributed by atoms with E-state index in [0.29, 0.717) is 10.9 Å². The molecule has 2 aromatic carbocycles. The van der Waals surface area contributed by atoms with Gasteiger partial charge in [0.15, 0.2) is 11.7 Å². The molecular formula is C17H19N3O2S. The van der Waals surface area contributed by atoms with Crippen LogP contribution in [0.3, 0.4) is 0 Å². The van der Waals surface area contributed by atoms with E-state index in [1.807, 2.05) is 42.5 Å². The number of rotatable bonds is 5. The van der Waals surface area contributed by atoms with Crippen molar-refractivity contribution in [2.75, 3.05) is 11.9 Å². The number of hydrazine groups is 1. The summed E-state index contributed by atoms with van der Waals surface area (Å²) < 4.78 is 5.33. The summed E-state index contributed by atoms with van der Waals surface area (Å²) in [5, 5.41) is 3.29. The molecule has 0 saturated heterocycles. The maximum absolute atomic E-state index is 11.7. The molecule has 0 aliphatic heterocycles. The quantitative estimate of drug-likeness (QED) is 0.581. The van der Waals surface area contributed by atoms with Crippen LogP contribution in [0.15, 0.2) is 54.6 Å². The molecule has 0 aromatic heterocycles. The molecule has 3 N–H and O–H groups in total. The maximum Gasteiger partial charge on any atom is 0.276 e. The van der Waals surface area contributed by atoms with Gasteiger partial charge in [0.1, 0.15) is 5.75 Å². The lowest BCUT2D eigenvalue weighted by Gasteiger charge is -2.12. The summed E-state index contributed by atoms with van der Waals surface area (Å²) in [5.41, 5.74) is 7.22. The predicted molar refractivity (Wildman–Crippen MR) is 95.3 cm³/mol. The molecule has 23 heavy (non-hydrogen) atoms. The number of para-hydroxylation sites is 1. The summed E-state index contributed by atoms with van der Waals surface area (Å²) in [6.07, 6.45) is 0.987. The van der Waals surface area contributed by atoms with Gasteiger partial charge in [0, 0.05) is 5.69 Å². The fraction of sp³-hybridized carbons (Fsp3) is 0.176. The van der Waals surface area contributed by atoms with Gasteiger partial charge in [-0.3, -0.25) is 15.6 Å². The molecule has 0 bridgehead atoms. The smallest absolute Gasteiger partial charge is 0.276 e. The molecule has 5 nitrogen and oxygen atoms in total. The van der Waals surface area contributed by atoms with Gasteiger partial charge in [-0.2, -0.15) is 0 Å². The van der Waals surface area contributed by atoms with Crippen LogP contribution in [0, 0.1) is 0 Å². The van der Waals surface area contributed by atoms with Crippen LogP contribution in [0.5, 0.6) is 5.75 Å². The Morgan fingerprint density at radius 2 is 1.74 bits per heavy atom. The number of nitrogens with one attached hydrogen (secondary N) is 3. The predicted octanol–water partition coefficient (Wildman–Crippen LogP) is 2.65. The highest BCUT2D eigenvalue weighted by molar-refractivity contribution is 7.80. The first-order valence-corrected chi connectivity index (χ1v) is 7.71. The lowest BCUT2D eigenvalue weighted by molar-refractivity contribution is -0.123. The summed E-state index contributed by atoms with van der Waals surface area (Å²) >= 11 is 5.12. The van der Waals surface area contributed by atoms with Gasteiger partial charge in [0.05, 0.1) is 0 Å². The van der Waals surface area contributed by atoms with Crippen LogP contribution >= 0.6 is 12.2 Å². The third kappa shape index (κ3) is 5.96. The number of aryl methyl sites for hydroxylation is 1. The molecule has 6 heteroatoms. The molecule has 0 spiro atoms. The highest BCUT2D eigenvalue weighted by Crippen LogP contribution is 2.09. The number of carbonyl (C=O) groups is 1. The molecule has 0 heterocycles. The van der Waals surface area contributed by atoms with Gasteiger partial charge in [-0.05, 0) is 48.5 Å². The molecule has 0 unspecified atom stereocenters. The summed E-state index contributed by atoms with van der Waals surface area (Å²) in [6.45, 7) is 2.01. The molecule has 0 radical (unpaired) electrons. The van der Waals surface area contributed by atoms with Crippen molar-refractivity contribution < 1.29 is 9.53 Å². The van der Waals surface area contributed by atoms with Crippen LogP contribution in [-0.4, -0.2) is 17.6 Å². The van der Waals surface area contributed by atoms with Crippen molar-refractivity contribution in [2.45, 2.75) is 13.3 Å². The minimum Gasteiger partial charge on any atom is -0.484 e. The zero-order valence-corrected chi connectivity index (χ0v) is 13.7. The van der Waals surface area contributed by atoms with E-state index < -0.39 is 0 Å². The lowest BCUT2D eigenvalue weighted by atomic mass is 10.1. The van der Waals surface area contributed by atoms with Crippen molar-refractivity contribution in [3.05, 3.63) is 60.2 Å². The summed E-state index contributed by atoms with van der Waals surface area (Å²) in [5.74, 6) is 0.318. The first kappa shape index (κ1) is 16.8. The second-order valence-corrected chi connectivity index (χ2v) is 5.19. The third-order valence-corrected chi connectivity index (χ3v) is 3.25. The number of anilines is 1. The fourth-order valence-electron chi connectivity index (χ4n) is 1.81. The minimum absolute atomic E-state index is 0.0924. The topological polar surface area (TPSA) is 62.4 Å². The summed E-state index contributed by atoms with van der Waals surface area (Å²) in [6, 6.07) is 17.1. The van der Waals surface area contributed by atoms with E-state index in [9.17, 15) is 4.79 Å². The molecule has 0 aliphatic rings. The van der Waals surface area contributed by atoms with E-state index in [2.05, 4.69) is 23.1 Å². The van der Waals surface area contributed by atoms with Crippen LogP contribution < -0.4 is 20.9 Å². The van der Waals surface area contributed by atoms with E-state index in [4.69, 9.17) is 17.0 Å². The van der Waals surface area contributed by atoms with E-state index in [1.54, 1.807) is 12.1 Å². The van der Waals surface area contributed by atoms with Crippen LogP contribution in [0.1, 0.15) is 12.5 Å². The van der Waals surface area contributed by atoms with E-state index in [-0.39, 0.29) is 12.5 Å². The largest absolute Gasteiger partial charge is 0.484 e. The monoisotopic (exact) mass is 329 g/mol. The standard InChI is InChI=1S/C17H19N3O2S/c1-2-13-8-10-14(11-9-13)18-17(23)20-19-16(21)12-22-15-6-4-3-5-7-15/h3-11H,2,12H2,1H3,(H,19,21)(H2,18,20,23). The molecule has 0 saturated carbocycles. The van der Waals surface area contributed by atoms with Crippen LogP contribution in [0.2, 0.25) is 0 Å². The average molecular weight is 329 g/mol. The fourth-order valence-corrected chi connectivity index (χ4v) is 1.98. The zero-order chi connectivity index (χ0) is 16.5. The van der Waals surface area contributed by atoms with E-state index in [0.717, 1.165) is 12.1 Å². The molecular weight excluding hydrogens is 310 g/mol. The van der Waals surface area contributed by atoms with Crippen molar-refractivity contribution >= 4 is 28.9 Å². The number of benzene rings is 2. The van der Waals surface area contributed by atoms with Gasteiger partial charge < -0.3 is 10.1 Å². The molecule has 2 aromatic rings. The minimum atomic E-state index is -0.320. The Bertz CT molecular complexity index is 645. The van der Waals surface area contributed by atoms with Crippen molar-refractivity contribution in [3.63, 3.8) is 0 Å². The summed E-state index contributed by atoms with van der Waals surface area (Å²) in [4.78, 5) is 11.7. The highest BCUT2D eigenvalue weighted by Gasteiger charge is 2.03. The van der Waals surface area contributed by atoms with Gasteiger partial charge in [0.25, 0.3) is 5.91 Å². The van der Waals surface area contributed by atoms with Gasteiger partial charge in [-0.15, -0.1) is 0 Å². The van der Waals surface area contributed by atoms with Gasteiger partial charge in [-0.25, -0.2) is 0 Å². The number of ether oxygens (including phenoxy) is 1. The maximum atomic E-state index is 11.7. The van der Waals surface area contributed by atoms with Crippen LogP contribution in [-0.2, 0) is 11.2 Å². The summed E-state index contributed by atoms with van der Waals surface area (Å²) in [7, 11) is 0. The molecule has 120 valence electrons. The number of hydrogen-bond acceptors (Lipinski definition) is 3. The number of thiocarbonyl (C=S) groups is 1. The Hall–Kier alpha value is -2.60. The lowest BCUT2D eigenvalue weighted by Crippen LogP contribution is -2.45. The Balaban J connectivity index is 1.69. The van der Waals surface area contributed by atoms with Gasteiger partial charge >= 0.3 is 0 Å². The van der Waals surface area contributed by atoms with Crippen LogP contribution in [0.4, 0.5) is 5.69 Å². The van der Waals surface area contributed by atoms with Gasteiger partial charge in [-0.1, -0.05) is 37.3 Å². The Morgan fingerprint density at radius 1 is 1.04 bits per heavy atom. The number of carbonyl (C=O) groups excluding carboxylic acids is 1. The first-order chi connectivity index (χ1) is 11.2. The molecule has 2 rings (SSSR count). The zero-order valence-electron chi connectivity index (χ0n) is 12.8. The SMILES string of the molecule is CCc1ccc(NC(=S)NNC(=O)COc2ccccc2)cc1. The Labute approximate surface area is 141 Å². The highest BCUT2D eigenvalue weighted by atomic mass is 32.1. The Morgan fingerprint density at radius 3 is 2.39 bits per heavy atom. The van der Waals surface area contributed by atoms with E-state index in [1.165, 1.54) is 5.56 Å². The average Bonchev–Trinajstić information content (AvgIpc) is 2.60. The van der Waals surface area contributed by atoms with Crippen LogP contribution in [0.25, 0.3) is 0 Å². The number of hydrogen-bond donors (Lipinski definition) is 3. The normalized spacial score (nSPS) is 9.78.